The van der Waals surface area contributed by atoms with Crippen LogP contribution in [0.1, 0.15) is 23.2 Å². The lowest BCUT2D eigenvalue weighted by atomic mass is 10.1. The monoisotopic (exact) mass is 284 g/mol. The van der Waals surface area contributed by atoms with E-state index in [0.29, 0.717) is 10.4 Å². The number of hydrogen-bond acceptors (Lipinski definition) is 2. The average molecular weight is 285 g/mol. The fourth-order valence-electron chi connectivity index (χ4n) is 1.78. The summed E-state index contributed by atoms with van der Waals surface area (Å²) in [6.45, 7) is 1.54. The highest BCUT2D eigenvalue weighted by Crippen LogP contribution is 2.18. The fraction of sp³-hybridized carbons (Fsp3) is 0.455. The van der Waals surface area contributed by atoms with Gasteiger partial charge in [-0.2, -0.15) is 0 Å². The van der Waals surface area contributed by atoms with Gasteiger partial charge in [0.05, 0.1) is 5.56 Å². The number of pyridine rings is 1. The molecular weight excluding hydrogens is 272 g/mol. The molecule has 1 aliphatic rings. The van der Waals surface area contributed by atoms with Gasteiger partial charge in [-0.25, -0.2) is 0 Å². The second-order valence-electron chi connectivity index (χ2n) is 3.91. The summed E-state index contributed by atoms with van der Waals surface area (Å²) >= 11 is 3.55. The van der Waals surface area contributed by atoms with E-state index in [1.165, 1.54) is 12.3 Å². The molecule has 86 valence electrons. The minimum atomic E-state index is -0.185. The van der Waals surface area contributed by atoms with Crippen LogP contribution in [0, 0.1) is 0 Å². The van der Waals surface area contributed by atoms with E-state index in [2.05, 4.69) is 20.9 Å². The SMILES string of the molecule is O=C(c1ccc(=O)[nH]c1)N1CCC(Br)CC1. The van der Waals surface area contributed by atoms with E-state index >= 15 is 0 Å². The van der Waals surface area contributed by atoms with Gasteiger partial charge in [0.2, 0.25) is 5.56 Å². The molecule has 0 aliphatic carbocycles. The Labute approximate surface area is 102 Å². The van der Waals surface area contributed by atoms with Crippen molar-refractivity contribution in [3.8, 4) is 0 Å². The zero-order valence-electron chi connectivity index (χ0n) is 8.78. The number of alkyl halides is 1. The summed E-state index contributed by atoms with van der Waals surface area (Å²) in [5, 5.41) is 0. The number of hydrogen-bond donors (Lipinski definition) is 1. The molecule has 0 aromatic carbocycles. The Morgan fingerprint density at radius 2 is 2.06 bits per heavy atom. The first-order valence-corrected chi connectivity index (χ1v) is 6.20. The Morgan fingerprint density at radius 1 is 1.38 bits per heavy atom. The number of halogens is 1. The van der Waals surface area contributed by atoms with Crippen LogP contribution >= 0.6 is 15.9 Å². The molecule has 2 heterocycles. The zero-order valence-corrected chi connectivity index (χ0v) is 10.4. The van der Waals surface area contributed by atoms with Crippen LogP contribution in [-0.2, 0) is 0 Å². The quantitative estimate of drug-likeness (QED) is 0.792. The van der Waals surface area contributed by atoms with Gasteiger partial charge in [-0.05, 0) is 18.9 Å². The molecule has 0 unspecified atom stereocenters. The van der Waals surface area contributed by atoms with Crippen molar-refractivity contribution in [1.29, 1.82) is 0 Å². The predicted octanol–water partition coefficient (Wildman–Crippen LogP) is 1.37. The van der Waals surface area contributed by atoms with Crippen molar-refractivity contribution < 1.29 is 4.79 Å². The molecule has 0 bridgehead atoms. The van der Waals surface area contributed by atoms with Gasteiger partial charge < -0.3 is 9.88 Å². The predicted molar refractivity (Wildman–Crippen MR) is 64.9 cm³/mol. The number of carbonyl (C=O) groups excluding carboxylic acids is 1. The van der Waals surface area contributed by atoms with Crippen LogP contribution in [0.15, 0.2) is 23.1 Å². The Bertz CT molecular complexity index is 415. The lowest BCUT2D eigenvalue weighted by molar-refractivity contribution is 0.0728. The highest BCUT2D eigenvalue weighted by Gasteiger charge is 2.21. The summed E-state index contributed by atoms with van der Waals surface area (Å²) in [6.07, 6.45) is 3.44. The highest BCUT2D eigenvalue weighted by atomic mass is 79.9. The Morgan fingerprint density at radius 3 is 2.62 bits per heavy atom. The number of amides is 1. The molecule has 0 saturated carbocycles. The summed E-state index contributed by atoms with van der Waals surface area (Å²) in [7, 11) is 0. The molecule has 0 radical (unpaired) electrons. The van der Waals surface area contributed by atoms with Crippen LogP contribution in [0.5, 0.6) is 0 Å². The summed E-state index contributed by atoms with van der Waals surface area (Å²) in [4.78, 5) is 27.7. The number of H-pyrrole nitrogens is 1. The Balaban J connectivity index is 2.07. The zero-order chi connectivity index (χ0) is 11.5. The van der Waals surface area contributed by atoms with Gasteiger partial charge in [-0.1, -0.05) is 15.9 Å². The summed E-state index contributed by atoms with van der Waals surface area (Å²) < 4.78 is 0. The minimum Gasteiger partial charge on any atom is -0.339 e. The normalized spacial score (nSPS) is 17.4. The molecular formula is C11H13BrN2O2. The molecule has 1 fully saturated rings. The van der Waals surface area contributed by atoms with Crippen LogP contribution in [0.25, 0.3) is 0 Å². The minimum absolute atomic E-state index is 0.00403. The molecule has 1 aliphatic heterocycles. The molecule has 16 heavy (non-hydrogen) atoms. The molecule has 1 aromatic heterocycles. The van der Waals surface area contributed by atoms with Crippen LogP contribution in [0.4, 0.5) is 0 Å². The summed E-state index contributed by atoms with van der Waals surface area (Å²) in [6, 6.07) is 2.95. The molecule has 0 spiro atoms. The number of carbonyl (C=O) groups is 1. The van der Waals surface area contributed by atoms with Crippen LogP contribution in [0.2, 0.25) is 0 Å². The lowest BCUT2D eigenvalue weighted by Gasteiger charge is -2.29. The van der Waals surface area contributed by atoms with Crippen molar-refractivity contribution in [3.05, 3.63) is 34.2 Å². The second-order valence-corrected chi connectivity index (χ2v) is 5.20. The summed E-state index contributed by atoms with van der Waals surface area (Å²) in [5.41, 5.74) is 0.364. The molecule has 0 atom stereocenters. The van der Waals surface area contributed by atoms with E-state index in [-0.39, 0.29) is 11.5 Å². The third-order valence-electron chi connectivity index (χ3n) is 2.74. The van der Waals surface area contributed by atoms with Crippen molar-refractivity contribution in [2.45, 2.75) is 17.7 Å². The Hall–Kier alpha value is -1.10. The average Bonchev–Trinajstić information content (AvgIpc) is 2.30. The van der Waals surface area contributed by atoms with Crippen LogP contribution in [-0.4, -0.2) is 33.7 Å². The topological polar surface area (TPSA) is 53.2 Å². The molecule has 1 N–H and O–H groups in total. The van der Waals surface area contributed by atoms with E-state index < -0.39 is 0 Å². The van der Waals surface area contributed by atoms with Crippen molar-refractivity contribution in [3.63, 3.8) is 0 Å². The Kier molecular flexibility index (Phi) is 3.43. The van der Waals surface area contributed by atoms with Gasteiger partial charge in [-0.3, -0.25) is 9.59 Å². The molecule has 1 aromatic rings. The first-order valence-electron chi connectivity index (χ1n) is 5.29. The van der Waals surface area contributed by atoms with Crippen molar-refractivity contribution in [2.24, 2.45) is 0 Å². The smallest absolute Gasteiger partial charge is 0.255 e. The number of aromatic amines is 1. The van der Waals surface area contributed by atoms with E-state index in [4.69, 9.17) is 0 Å². The third kappa shape index (κ3) is 2.52. The van der Waals surface area contributed by atoms with Gasteiger partial charge in [-0.15, -0.1) is 0 Å². The molecule has 5 heteroatoms. The van der Waals surface area contributed by atoms with E-state index in [1.807, 2.05) is 4.90 Å². The van der Waals surface area contributed by atoms with Crippen molar-refractivity contribution in [2.75, 3.05) is 13.1 Å². The van der Waals surface area contributed by atoms with E-state index in [1.54, 1.807) is 6.07 Å². The lowest BCUT2D eigenvalue weighted by Crippen LogP contribution is -2.38. The maximum atomic E-state index is 12.0. The number of aromatic nitrogens is 1. The van der Waals surface area contributed by atoms with Crippen LogP contribution in [0.3, 0.4) is 0 Å². The van der Waals surface area contributed by atoms with Gasteiger partial charge in [0.15, 0.2) is 0 Å². The molecule has 2 rings (SSSR count). The third-order valence-corrected chi connectivity index (χ3v) is 3.66. The number of likely N-dealkylation sites (tertiary alicyclic amines) is 1. The van der Waals surface area contributed by atoms with E-state index in [9.17, 15) is 9.59 Å². The van der Waals surface area contributed by atoms with Gasteiger partial charge in [0.1, 0.15) is 0 Å². The van der Waals surface area contributed by atoms with Crippen molar-refractivity contribution in [1.82, 2.24) is 9.88 Å². The first-order chi connectivity index (χ1) is 7.66. The molecule has 1 amide bonds. The number of piperidine rings is 1. The maximum absolute atomic E-state index is 12.0. The fourth-order valence-corrected chi connectivity index (χ4v) is 2.19. The number of nitrogens with zero attached hydrogens (tertiary/aromatic N) is 1. The largest absolute Gasteiger partial charge is 0.339 e. The molecule has 4 nitrogen and oxygen atoms in total. The first kappa shape index (κ1) is 11.4. The molecule has 1 saturated heterocycles. The standard InChI is InChI=1S/C11H13BrN2O2/c12-9-3-5-14(6-4-9)11(16)8-1-2-10(15)13-7-8/h1-2,7,9H,3-6H2,(H,13,15). The number of rotatable bonds is 1. The van der Waals surface area contributed by atoms with E-state index in [0.717, 1.165) is 25.9 Å². The summed E-state index contributed by atoms with van der Waals surface area (Å²) in [5.74, 6) is -0.00403. The van der Waals surface area contributed by atoms with Gasteiger partial charge >= 0.3 is 0 Å². The van der Waals surface area contributed by atoms with Crippen LogP contribution < -0.4 is 5.56 Å². The van der Waals surface area contributed by atoms with Gasteiger partial charge in [0.25, 0.3) is 5.91 Å². The maximum Gasteiger partial charge on any atom is 0.255 e. The van der Waals surface area contributed by atoms with Crippen molar-refractivity contribution >= 4 is 21.8 Å². The van der Waals surface area contributed by atoms with Gasteiger partial charge in [0, 0.05) is 30.2 Å². The number of nitrogens with one attached hydrogen (secondary N) is 1. The highest BCUT2D eigenvalue weighted by molar-refractivity contribution is 9.09. The second kappa shape index (κ2) is 4.82.